The van der Waals surface area contributed by atoms with Gasteiger partial charge < -0.3 is 26.2 Å². The van der Waals surface area contributed by atoms with Crippen molar-refractivity contribution in [2.75, 3.05) is 6.61 Å². The van der Waals surface area contributed by atoms with E-state index in [9.17, 15) is 9.18 Å². The maximum atomic E-state index is 11.9. The van der Waals surface area contributed by atoms with Crippen LogP contribution in [0.2, 0.25) is 0 Å². The van der Waals surface area contributed by atoms with Crippen molar-refractivity contribution in [2.24, 2.45) is 5.73 Å². The maximum absolute atomic E-state index is 11.9. The highest BCUT2D eigenvalue weighted by molar-refractivity contribution is 5.74. The highest BCUT2D eigenvalue weighted by Crippen LogP contribution is 2.04. The molecule has 0 radical (unpaired) electrons. The van der Waals surface area contributed by atoms with E-state index in [0.29, 0.717) is 0 Å². The number of carbonyl (C=O) groups is 1. The van der Waals surface area contributed by atoms with Crippen molar-refractivity contribution in [2.45, 2.75) is 24.4 Å². The number of hydrogen-bond donors (Lipinski definition) is 5. The molecule has 0 heterocycles. The van der Waals surface area contributed by atoms with Gasteiger partial charge in [0.2, 0.25) is 0 Å². The molecule has 0 aliphatic carbocycles. The lowest BCUT2D eigenvalue weighted by Gasteiger charge is -2.23. The number of hydrogen-bond acceptors (Lipinski definition) is 6. The molecule has 0 saturated heterocycles. The summed E-state index contributed by atoms with van der Waals surface area (Å²) < 4.78 is 11.9. The summed E-state index contributed by atoms with van der Waals surface area (Å²) in [6.07, 6.45) is -5.47. The zero-order chi connectivity index (χ0) is 10.6. The zero-order valence-electron chi connectivity index (χ0n) is 6.67. The van der Waals surface area contributed by atoms with Crippen molar-refractivity contribution < 1.29 is 29.6 Å². The molecule has 13 heavy (non-hydrogen) atoms. The summed E-state index contributed by atoms with van der Waals surface area (Å²) in [7, 11) is 0. The molecule has 0 aliphatic rings. The van der Waals surface area contributed by atoms with Gasteiger partial charge in [-0.1, -0.05) is 0 Å². The quantitative estimate of drug-likeness (QED) is 0.297. The lowest BCUT2D eigenvalue weighted by Crippen LogP contribution is -2.51. The summed E-state index contributed by atoms with van der Waals surface area (Å²) in [6, 6.07) is -3.92. The fourth-order valence-electron chi connectivity index (χ4n) is 0.682. The third kappa shape index (κ3) is 3.33. The summed E-state index contributed by atoms with van der Waals surface area (Å²) >= 11 is 0. The minimum absolute atomic E-state index is 0.828. The summed E-state index contributed by atoms with van der Waals surface area (Å²) in [4.78, 5) is 9.99. The largest absolute Gasteiger partial charge is 0.394 e. The molecule has 6 N–H and O–H groups in total. The third-order valence-corrected chi connectivity index (χ3v) is 1.56. The molecule has 0 saturated carbocycles. The first-order valence-electron chi connectivity index (χ1n) is 3.51. The minimum Gasteiger partial charge on any atom is -0.394 e. The number of halogens is 1. The summed E-state index contributed by atoms with van der Waals surface area (Å²) in [5.41, 5.74) is 4.83. The highest BCUT2D eigenvalue weighted by atomic mass is 19.1. The van der Waals surface area contributed by atoms with Gasteiger partial charge in [-0.2, -0.15) is 4.39 Å². The Morgan fingerprint density at radius 2 is 1.77 bits per heavy atom. The van der Waals surface area contributed by atoms with E-state index in [2.05, 4.69) is 0 Å². The van der Waals surface area contributed by atoms with E-state index in [1.165, 1.54) is 0 Å². The van der Waals surface area contributed by atoms with Gasteiger partial charge in [0.25, 0.3) is 0 Å². The second-order valence-electron chi connectivity index (χ2n) is 2.56. The molecule has 6 nitrogen and oxygen atoms in total. The van der Waals surface area contributed by atoms with Gasteiger partial charge in [0.1, 0.15) is 24.4 Å². The molecular formula is C6H12FNO5. The summed E-state index contributed by atoms with van der Waals surface area (Å²) in [5.74, 6) is 0. The van der Waals surface area contributed by atoms with Crippen LogP contribution in [-0.2, 0) is 4.79 Å². The third-order valence-electron chi connectivity index (χ3n) is 1.56. The summed E-state index contributed by atoms with van der Waals surface area (Å²) in [6.45, 7) is -0.828. The van der Waals surface area contributed by atoms with E-state index in [1.54, 1.807) is 0 Å². The van der Waals surface area contributed by atoms with Crippen LogP contribution >= 0.6 is 0 Å². The van der Waals surface area contributed by atoms with E-state index < -0.39 is 37.0 Å². The lowest BCUT2D eigenvalue weighted by atomic mass is 10.0. The molecule has 0 amide bonds. The molecule has 78 valence electrons. The molecular weight excluding hydrogens is 185 g/mol. The molecule has 0 unspecified atom stereocenters. The van der Waals surface area contributed by atoms with Crippen molar-refractivity contribution in [1.29, 1.82) is 0 Å². The molecule has 0 aromatic rings. The Morgan fingerprint density at radius 1 is 1.31 bits per heavy atom. The van der Waals surface area contributed by atoms with Crippen LogP contribution < -0.4 is 5.73 Å². The van der Waals surface area contributed by atoms with Crippen LogP contribution in [0.5, 0.6) is 0 Å². The van der Waals surface area contributed by atoms with Gasteiger partial charge in [-0.25, -0.2) is 0 Å². The fraction of sp³-hybridized carbons (Fsp3) is 0.833. The Labute approximate surface area is 73.4 Å². The molecule has 7 heteroatoms. The maximum Gasteiger partial charge on any atom is 0.320 e. The Balaban J connectivity index is 4.24. The van der Waals surface area contributed by atoms with E-state index in [4.69, 9.17) is 26.2 Å². The van der Waals surface area contributed by atoms with E-state index in [-0.39, 0.29) is 0 Å². The van der Waals surface area contributed by atoms with Gasteiger partial charge in [0, 0.05) is 0 Å². The molecule has 0 aromatic heterocycles. The van der Waals surface area contributed by atoms with E-state index in [0.717, 1.165) is 0 Å². The van der Waals surface area contributed by atoms with Crippen LogP contribution in [0.15, 0.2) is 0 Å². The van der Waals surface area contributed by atoms with Crippen molar-refractivity contribution in [3.8, 4) is 0 Å². The summed E-state index contributed by atoms with van der Waals surface area (Å²) in [5, 5.41) is 35.0. The van der Waals surface area contributed by atoms with Gasteiger partial charge in [0.15, 0.2) is 0 Å². The first kappa shape index (κ1) is 12.4. The second-order valence-corrected chi connectivity index (χ2v) is 2.56. The van der Waals surface area contributed by atoms with Crippen LogP contribution in [0.25, 0.3) is 0 Å². The zero-order valence-corrected chi connectivity index (χ0v) is 6.67. The smallest absolute Gasteiger partial charge is 0.320 e. The van der Waals surface area contributed by atoms with Crippen molar-refractivity contribution >= 4 is 6.04 Å². The highest BCUT2D eigenvalue weighted by Gasteiger charge is 2.32. The Hall–Kier alpha value is -0.600. The van der Waals surface area contributed by atoms with E-state index in [1.807, 2.05) is 0 Å². The van der Waals surface area contributed by atoms with Crippen molar-refractivity contribution in [3.05, 3.63) is 0 Å². The topological polar surface area (TPSA) is 124 Å². The van der Waals surface area contributed by atoms with Gasteiger partial charge >= 0.3 is 6.04 Å². The minimum atomic E-state index is -2.00. The van der Waals surface area contributed by atoms with Crippen molar-refractivity contribution in [1.82, 2.24) is 0 Å². The SMILES string of the molecule is N[C@@H](C(=O)F)[C@@H](O)[C@H](O)[C@H](O)CO. The monoisotopic (exact) mass is 197 g/mol. The molecule has 0 aliphatic heterocycles. The molecule has 4 atom stereocenters. The first-order valence-corrected chi connectivity index (χ1v) is 3.51. The number of aliphatic hydroxyl groups is 4. The van der Waals surface area contributed by atoms with Crippen molar-refractivity contribution in [3.63, 3.8) is 0 Å². The van der Waals surface area contributed by atoms with Crippen LogP contribution in [0.4, 0.5) is 4.39 Å². The number of rotatable bonds is 5. The number of aliphatic hydroxyl groups excluding tert-OH is 4. The lowest BCUT2D eigenvalue weighted by molar-refractivity contribution is -0.139. The molecule has 0 rings (SSSR count). The normalized spacial score (nSPS) is 20.5. The average Bonchev–Trinajstić information content (AvgIpc) is 2.12. The average molecular weight is 197 g/mol. The van der Waals surface area contributed by atoms with Crippen LogP contribution in [0, 0.1) is 0 Å². The van der Waals surface area contributed by atoms with Crippen LogP contribution in [0.3, 0.4) is 0 Å². The fourth-order valence-corrected chi connectivity index (χ4v) is 0.682. The van der Waals surface area contributed by atoms with E-state index >= 15 is 0 Å². The molecule has 0 bridgehead atoms. The van der Waals surface area contributed by atoms with Gasteiger partial charge in [-0.3, -0.25) is 4.79 Å². The number of nitrogens with two attached hydrogens (primary N) is 1. The molecule has 0 aromatic carbocycles. The first-order chi connectivity index (χ1) is 5.91. The second kappa shape index (κ2) is 5.20. The predicted octanol–water partition coefficient (Wildman–Crippen LogP) is -3.12. The van der Waals surface area contributed by atoms with Gasteiger partial charge in [-0.05, 0) is 0 Å². The Kier molecular flexibility index (Phi) is 4.96. The molecule has 0 fully saturated rings. The van der Waals surface area contributed by atoms with Crippen LogP contribution in [-0.4, -0.2) is 57.4 Å². The van der Waals surface area contributed by atoms with Crippen LogP contribution in [0.1, 0.15) is 0 Å². The predicted molar refractivity (Wildman–Crippen MR) is 39.2 cm³/mol. The molecule has 0 spiro atoms. The van der Waals surface area contributed by atoms with Gasteiger partial charge in [-0.15, -0.1) is 0 Å². The number of carbonyl (C=O) groups excluding carboxylic acids is 1. The standard InChI is InChI=1S/C6H12FNO5/c7-6(13)3(8)5(12)4(11)2(10)1-9/h2-5,9-12H,1,8H2/t2-,3-,4-,5-/m1/s1. The van der Waals surface area contributed by atoms with Gasteiger partial charge in [0.05, 0.1) is 6.61 Å². The Morgan fingerprint density at radius 3 is 2.08 bits per heavy atom. The Bertz CT molecular complexity index is 178.